The van der Waals surface area contributed by atoms with Crippen LogP contribution in [-0.4, -0.2) is 39.8 Å². The Balaban J connectivity index is 1.50. The number of aromatic nitrogens is 3. The van der Waals surface area contributed by atoms with Crippen molar-refractivity contribution >= 4 is 49.2 Å². The molecule has 1 unspecified atom stereocenters. The third-order valence-corrected chi connectivity index (χ3v) is 5.85. The topological polar surface area (TPSA) is 63.1 Å². The highest BCUT2D eigenvalue weighted by atomic mass is 79.9. The molecule has 0 bridgehead atoms. The smallest absolute Gasteiger partial charge is 0.270 e. The monoisotopic (exact) mass is 419 g/mol. The first-order valence-corrected chi connectivity index (χ1v) is 9.87. The van der Waals surface area contributed by atoms with E-state index in [0.717, 1.165) is 39.9 Å². The van der Waals surface area contributed by atoms with Crippen LogP contribution in [0, 0.1) is 0 Å². The molecule has 1 aromatic carbocycles. The second-order valence-corrected chi connectivity index (χ2v) is 7.94. The molecule has 1 amide bonds. The lowest BCUT2D eigenvalue weighted by Crippen LogP contribution is -2.40. The molecule has 0 spiro atoms. The zero-order chi connectivity index (χ0) is 17.4. The summed E-state index contributed by atoms with van der Waals surface area (Å²) < 4.78 is 2.61. The van der Waals surface area contributed by atoms with Crippen LogP contribution in [0.15, 0.2) is 34.2 Å². The Kier molecular flexibility index (Phi) is 4.47. The number of fused-ring (bicyclic) bond motifs is 1. The number of halogens is 1. The summed E-state index contributed by atoms with van der Waals surface area (Å²) in [4.78, 5) is 19.5. The first kappa shape index (κ1) is 16.5. The Morgan fingerprint density at radius 1 is 1.48 bits per heavy atom. The molecule has 4 rings (SSSR count). The molecule has 1 atom stereocenters. The predicted octanol–water partition coefficient (Wildman–Crippen LogP) is 3.19. The lowest BCUT2D eigenvalue weighted by molar-refractivity contribution is 0.0943. The van der Waals surface area contributed by atoms with E-state index in [1.165, 1.54) is 0 Å². The van der Waals surface area contributed by atoms with E-state index in [2.05, 4.69) is 36.2 Å². The molecule has 1 aliphatic rings. The van der Waals surface area contributed by atoms with E-state index in [-0.39, 0.29) is 5.91 Å². The number of carbonyl (C=O) groups excluding carboxylic acids is 1. The largest absolute Gasteiger partial charge is 0.349 e. The minimum atomic E-state index is -0.0849. The molecule has 0 radical (unpaired) electrons. The number of nitrogens with zero attached hydrogens (tertiary/aromatic N) is 4. The predicted molar refractivity (Wildman–Crippen MR) is 103 cm³/mol. The van der Waals surface area contributed by atoms with Crippen LogP contribution in [0.1, 0.15) is 23.3 Å². The van der Waals surface area contributed by atoms with Crippen molar-refractivity contribution in [2.75, 3.05) is 18.0 Å². The fraction of sp³-hybridized carbons (Fsp3) is 0.353. The molecule has 8 heteroatoms. The van der Waals surface area contributed by atoms with Gasteiger partial charge in [0.2, 0.25) is 0 Å². The van der Waals surface area contributed by atoms with Gasteiger partial charge in [-0.2, -0.15) is 5.10 Å². The van der Waals surface area contributed by atoms with Gasteiger partial charge in [-0.1, -0.05) is 15.9 Å². The summed E-state index contributed by atoms with van der Waals surface area (Å²) >= 11 is 5.09. The van der Waals surface area contributed by atoms with Crippen molar-refractivity contribution in [3.63, 3.8) is 0 Å². The Morgan fingerprint density at radius 2 is 2.36 bits per heavy atom. The van der Waals surface area contributed by atoms with Gasteiger partial charge >= 0.3 is 0 Å². The maximum Gasteiger partial charge on any atom is 0.270 e. The van der Waals surface area contributed by atoms with Crippen LogP contribution in [0.5, 0.6) is 0 Å². The Morgan fingerprint density at radius 3 is 3.16 bits per heavy atom. The van der Waals surface area contributed by atoms with Crippen molar-refractivity contribution in [3.8, 4) is 0 Å². The number of aryl methyl sites for hydroxylation is 1. The molecule has 1 saturated heterocycles. The van der Waals surface area contributed by atoms with Crippen LogP contribution in [-0.2, 0) is 7.05 Å². The third kappa shape index (κ3) is 3.16. The molecule has 1 aliphatic heterocycles. The number of hydrogen-bond acceptors (Lipinski definition) is 5. The van der Waals surface area contributed by atoms with Crippen molar-refractivity contribution in [1.82, 2.24) is 20.1 Å². The fourth-order valence-corrected chi connectivity index (χ4v) is 4.48. The van der Waals surface area contributed by atoms with Gasteiger partial charge in [0.05, 0.1) is 5.52 Å². The van der Waals surface area contributed by atoms with Crippen LogP contribution in [0.3, 0.4) is 0 Å². The number of carbonyl (C=O) groups is 1. The zero-order valence-corrected chi connectivity index (χ0v) is 16.2. The van der Waals surface area contributed by atoms with E-state index in [0.29, 0.717) is 18.3 Å². The number of nitrogens with one attached hydrogen (secondary N) is 1. The highest BCUT2D eigenvalue weighted by molar-refractivity contribution is 9.10. The minimum Gasteiger partial charge on any atom is -0.349 e. The van der Waals surface area contributed by atoms with Gasteiger partial charge in [-0.15, -0.1) is 11.3 Å². The summed E-state index contributed by atoms with van der Waals surface area (Å²) in [5.41, 5.74) is 1.41. The Bertz CT molecular complexity index is 907. The second-order valence-electron chi connectivity index (χ2n) is 6.15. The SMILES string of the molecule is Cn1nc2cc(Br)ccc2c1C(=O)NCC1CCCN1c1nccs1. The molecule has 1 fully saturated rings. The van der Waals surface area contributed by atoms with Crippen LogP contribution < -0.4 is 10.2 Å². The summed E-state index contributed by atoms with van der Waals surface area (Å²) in [7, 11) is 1.81. The van der Waals surface area contributed by atoms with Gasteiger partial charge in [-0.05, 0) is 31.0 Å². The van der Waals surface area contributed by atoms with E-state index in [9.17, 15) is 4.79 Å². The van der Waals surface area contributed by atoms with E-state index in [4.69, 9.17) is 0 Å². The fourth-order valence-electron chi connectivity index (χ4n) is 3.39. The van der Waals surface area contributed by atoms with Crippen molar-refractivity contribution < 1.29 is 4.79 Å². The molecule has 2 aromatic heterocycles. The minimum absolute atomic E-state index is 0.0849. The van der Waals surface area contributed by atoms with Crippen LogP contribution in [0.25, 0.3) is 10.9 Å². The summed E-state index contributed by atoms with van der Waals surface area (Å²) in [6.45, 7) is 1.61. The van der Waals surface area contributed by atoms with E-state index in [1.807, 2.05) is 29.8 Å². The average Bonchev–Trinajstić information content (AvgIpc) is 3.30. The molecular weight excluding hydrogens is 402 g/mol. The second kappa shape index (κ2) is 6.76. The Labute approximate surface area is 158 Å². The van der Waals surface area contributed by atoms with E-state index < -0.39 is 0 Å². The number of amides is 1. The average molecular weight is 420 g/mol. The number of anilines is 1. The zero-order valence-electron chi connectivity index (χ0n) is 13.8. The lowest BCUT2D eigenvalue weighted by atomic mass is 10.2. The highest BCUT2D eigenvalue weighted by Crippen LogP contribution is 2.27. The molecule has 6 nitrogen and oxygen atoms in total. The van der Waals surface area contributed by atoms with E-state index >= 15 is 0 Å². The number of thiazole rings is 1. The summed E-state index contributed by atoms with van der Waals surface area (Å²) in [6, 6.07) is 6.08. The maximum absolute atomic E-state index is 12.8. The van der Waals surface area contributed by atoms with Gasteiger partial charge in [0.1, 0.15) is 5.69 Å². The van der Waals surface area contributed by atoms with Crippen LogP contribution in [0.4, 0.5) is 5.13 Å². The molecule has 0 aliphatic carbocycles. The normalized spacial score (nSPS) is 17.4. The molecule has 1 N–H and O–H groups in total. The first-order valence-electron chi connectivity index (χ1n) is 8.20. The quantitative estimate of drug-likeness (QED) is 0.704. The van der Waals surface area contributed by atoms with E-state index in [1.54, 1.807) is 23.1 Å². The molecular formula is C17H18BrN5OS. The van der Waals surface area contributed by atoms with Crippen LogP contribution in [0.2, 0.25) is 0 Å². The van der Waals surface area contributed by atoms with Gasteiger partial charge in [-0.25, -0.2) is 4.98 Å². The first-order chi connectivity index (χ1) is 12.1. The molecule has 25 heavy (non-hydrogen) atoms. The lowest BCUT2D eigenvalue weighted by Gasteiger charge is -2.24. The molecule has 3 heterocycles. The van der Waals surface area contributed by atoms with Gasteiger partial charge in [0, 0.05) is 47.6 Å². The van der Waals surface area contributed by atoms with Gasteiger partial charge < -0.3 is 10.2 Å². The van der Waals surface area contributed by atoms with Crippen molar-refractivity contribution in [2.24, 2.45) is 7.05 Å². The standard InChI is InChI=1S/C17H18BrN5OS/c1-22-15(13-5-4-11(18)9-14(13)21-22)16(24)20-10-12-3-2-7-23(12)17-19-6-8-25-17/h4-6,8-9,12H,2-3,7,10H2,1H3,(H,20,24). The third-order valence-electron chi connectivity index (χ3n) is 4.55. The number of hydrogen-bond donors (Lipinski definition) is 1. The van der Waals surface area contributed by atoms with Crippen molar-refractivity contribution in [3.05, 3.63) is 39.9 Å². The summed E-state index contributed by atoms with van der Waals surface area (Å²) in [5, 5.41) is 11.4. The number of benzene rings is 1. The molecule has 3 aromatic rings. The summed E-state index contributed by atoms with van der Waals surface area (Å²) in [6.07, 6.45) is 4.02. The molecule has 0 saturated carbocycles. The highest BCUT2D eigenvalue weighted by Gasteiger charge is 2.27. The molecule has 130 valence electrons. The van der Waals surface area contributed by atoms with Crippen molar-refractivity contribution in [1.29, 1.82) is 0 Å². The van der Waals surface area contributed by atoms with Crippen molar-refractivity contribution in [2.45, 2.75) is 18.9 Å². The van der Waals surface area contributed by atoms with Crippen LogP contribution >= 0.6 is 27.3 Å². The maximum atomic E-state index is 12.8. The van der Waals surface area contributed by atoms with Gasteiger partial charge in [0.15, 0.2) is 5.13 Å². The van der Waals surface area contributed by atoms with Gasteiger partial charge in [0.25, 0.3) is 5.91 Å². The Hall–Kier alpha value is -1.93. The van der Waals surface area contributed by atoms with Gasteiger partial charge in [-0.3, -0.25) is 9.48 Å². The summed E-state index contributed by atoms with van der Waals surface area (Å²) in [5.74, 6) is -0.0849. The number of rotatable bonds is 4.